The normalized spacial score (nSPS) is 8.46. The third-order valence-electron chi connectivity index (χ3n) is 4.08. The zero-order valence-electron chi connectivity index (χ0n) is 21.8. The van der Waals surface area contributed by atoms with Crippen LogP contribution in [0.4, 0.5) is 0 Å². The average molecular weight is 572 g/mol. The Morgan fingerprint density at radius 1 is 0.415 bits per heavy atom. The minimum atomic E-state index is -2.42. The van der Waals surface area contributed by atoms with Gasteiger partial charge in [0.25, 0.3) is 0 Å². The molecule has 0 radical (unpaired) electrons. The second kappa shape index (κ2) is 23.6. The maximum atomic E-state index is 10.2. The molecular formula is C28H26BNaO11. The summed E-state index contributed by atoms with van der Waals surface area (Å²) in [5.74, 6) is -3.52. The molecule has 0 bridgehead atoms. The van der Waals surface area contributed by atoms with Crippen molar-refractivity contribution in [3.8, 4) is 0 Å². The summed E-state index contributed by atoms with van der Waals surface area (Å²) >= 11 is 0. The number of hydrogen-bond donors (Lipinski definition) is 6. The van der Waals surface area contributed by atoms with Gasteiger partial charge in [0.15, 0.2) is 0 Å². The molecule has 11 nitrogen and oxygen atoms in total. The van der Waals surface area contributed by atoms with Crippen LogP contribution < -0.4 is 34.6 Å². The first kappa shape index (κ1) is 38.9. The van der Waals surface area contributed by atoms with Gasteiger partial charge in [-0.15, -0.1) is 0 Å². The number of carboxylic acids is 4. The Hall–Kier alpha value is -4.30. The molecule has 0 atom stereocenters. The van der Waals surface area contributed by atoms with E-state index >= 15 is 0 Å². The number of aromatic carboxylic acids is 4. The summed E-state index contributed by atoms with van der Waals surface area (Å²) in [6, 6.07) is 33.2. The molecule has 4 aromatic rings. The monoisotopic (exact) mass is 572 g/mol. The smallest absolute Gasteiger partial charge is 0.832 e. The Morgan fingerprint density at radius 3 is 0.610 bits per heavy atom. The van der Waals surface area contributed by atoms with Crippen LogP contribution in [0.3, 0.4) is 0 Å². The summed E-state index contributed by atoms with van der Waals surface area (Å²) in [4.78, 5) is 40.8. The van der Waals surface area contributed by atoms with Crippen molar-refractivity contribution in [2.24, 2.45) is 0 Å². The molecule has 0 saturated heterocycles. The largest absolute Gasteiger partial charge is 1.00 e. The molecule has 41 heavy (non-hydrogen) atoms. The van der Waals surface area contributed by atoms with Gasteiger partial charge in [-0.05, 0) is 48.5 Å². The van der Waals surface area contributed by atoms with Gasteiger partial charge in [-0.25, -0.2) is 19.2 Å². The second-order valence-electron chi connectivity index (χ2n) is 7.01. The molecule has 4 aromatic carbocycles. The van der Waals surface area contributed by atoms with Crippen LogP contribution in [0.15, 0.2) is 121 Å². The first-order valence-corrected chi connectivity index (χ1v) is 11.1. The van der Waals surface area contributed by atoms with Crippen LogP contribution in [0.5, 0.6) is 0 Å². The van der Waals surface area contributed by atoms with Gasteiger partial charge in [-0.3, -0.25) is 0 Å². The zero-order valence-corrected chi connectivity index (χ0v) is 23.8. The van der Waals surface area contributed by atoms with E-state index in [9.17, 15) is 19.2 Å². The zero-order chi connectivity index (χ0) is 30.3. The van der Waals surface area contributed by atoms with Gasteiger partial charge in [0.2, 0.25) is 0 Å². The maximum absolute atomic E-state index is 10.2. The van der Waals surface area contributed by atoms with E-state index in [1.54, 1.807) is 121 Å². The van der Waals surface area contributed by atoms with Crippen LogP contribution in [-0.2, 0) is 0 Å². The molecule has 0 aromatic heterocycles. The minimum absolute atomic E-state index is 0. The predicted octanol–water partition coefficient (Wildman–Crippen LogP) is -0.141. The number of benzene rings is 4. The van der Waals surface area contributed by atoms with Crippen LogP contribution in [0.25, 0.3) is 0 Å². The predicted molar refractivity (Wildman–Crippen MR) is 144 cm³/mol. The van der Waals surface area contributed by atoms with E-state index in [2.05, 4.69) is 0 Å². The fourth-order valence-corrected chi connectivity index (χ4v) is 2.32. The van der Waals surface area contributed by atoms with Crippen LogP contribution >= 0.6 is 0 Å². The first-order chi connectivity index (χ1) is 19.0. The summed E-state index contributed by atoms with van der Waals surface area (Å²) in [5.41, 5.74) is 1.32. The van der Waals surface area contributed by atoms with Crippen LogP contribution in [0.2, 0.25) is 0 Å². The van der Waals surface area contributed by atoms with Gasteiger partial charge in [0.1, 0.15) is 0 Å². The summed E-state index contributed by atoms with van der Waals surface area (Å²) in [6.07, 6.45) is 0. The summed E-state index contributed by atoms with van der Waals surface area (Å²) in [5, 5.41) is 56.3. The molecule has 0 amide bonds. The van der Waals surface area contributed by atoms with Crippen molar-refractivity contribution in [1.82, 2.24) is 0 Å². The van der Waals surface area contributed by atoms with Crippen LogP contribution in [-0.4, -0.2) is 61.7 Å². The molecule has 0 aliphatic rings. The quantitative estimate of drug-likeness (QED) is 0.177. The number of hydrogen-bond acceptors (Lipinski definition) is 7. The minimum Gasteiger partial charge on any atom is -0.832 e. The van der Waals surface area contributed by atoms with Crippen molar-refractivity contribution < 1.29 is 84.2 Å². The Labute approximate surface area is 258 Å². The third kappa shape index (κ3) is 21.2. The third-order valence-corrected chi connectivity index (χ3v) is 4.08. The average Bonchev–Trinajstić information content (AvgIpc) is 2.95. The molecule has 0 aliphatic carbocycles. The topological polar surface area (TPSA) is 213 Å². The van der Waals surface area contributed by atoms with Crippen molar-refractivity contribution in [1.29, 1.82) is 0 Å². The van der Waals surface area contributed by atoms with Gasteiger partial charge >= 0.3 is 60.8 Å². The van der Waals surface area contributed by atoms with E-state index in [0.717, 1.165) is 0 Å². The van der Waals surface area contributed by atoms with Crippen LogP contribution in [0.1, 0.15) is 41.4 Å². The molecule has 4 rings (SSSR count). The molecule has 0 heterocycles. The number of carbonyl (C=O) groups is 4. The van der Waals surface area contributed by atoms with Gasteiger partial charge in [-0.2, -0.15) is 0 Å². The second-order valence-corrected chi connectivity index (χ2v) is 7.01. The molecule has 0 saturated carbocycles. The Morgan fingerprint density at radius 2 is 0.537 bits per heavy atom. The Bertz CT molecular complexity index is 1070. The van der Waals surface area contributed by atoms with Gasteiger partial charge in [0.05, 0.1) is 22.3 Å². The standard InChI is InChI=1S/4C7H6O2.BH2O3.Na/c4*8-7(9)6-4-2-1-3-5-6;2-1(3)4;/h4*1-5H,(H,8,9);2-3H;/q;;;;-1;+1. The van der Waals surface area contributed by atoms with E-state index in [-0.39, 0.29) is 29.6 Å². The van der Waals surface area contributed by atoms with E-state index in [0.29, 0.717) is 22.3 Å². The summed E-state index contributed by atoms with van der Waals surface area (Å²) in [7, 11) is -2.42. The Balaban J connectivity index is 0. The van der Waals surface area contributed by atoms with Gasteiger partial charge < -0.3 is 35.5 Å². The van der Waals surface area contributed by atoms with E-state index in [1.807, 2.05) is 0 Å². The maximum Gasteiger partial charge on any atom is 1.00 e. The Kier molecular flexibility index (Phi) is 22.3. The SMILES string of the molecule is O=C(O)c1ccccc1.O=C(O)c1ccccc1.O=C(O)c1ccccc1.O=C(O)c1ccccc1.[Na+].[O-]B(O)O. The summed E-state index contributed by atoms with van der Waals surface area (Å²) in [6.45, 7) is 0. The molecule has 0 unspecified atom stereocenters. The first-order valence-electron chi connectivity index (χ1n) is 11.1. The van der Waals surface area contributed by atoms with Gasteiger partial charge in [0, 0.05) is 0 Å². The number of carboxylic acid groups (broad SMARTS) is 4. The molecule has 208 valence electrons. The molecule has 0 spiro atoms. The van der Waals surface area contributed by atoms with Crippen molar-refractivity contribution in [3.63, 3.8) is 0 Å². The number of rotatable bonds is 4. The fourth-order valence-electron chi connectivity index (χ4n) is 2.32. The van der Waals surface area contributed by atoms with E-state index < -0.39 is 31.2 Å². The van der Waals surface area contributed by atoms with Crippen molar-refractivity contribution in [2.75, 3.05) is 0 Å². The fraction of sp³-hybridized carbons (Fsp3) is 0. The van der Waals surface area contributed by atoms with Crippen molar-refractivity contribution >= 4 is 31.2 Å². The van der Waals surface area contributed by atoms with Crippen molar-refractivity contribution in [3.05, 3.63) is 144 Å². The van der Waals surface area contributed by atoms with Crippen molar-refractivity contribution in [2.45, 2.75) is 0 Å². The molecular weight excluding hydrogens is 546 g/mol. The van der Waals surface area contributed by atoms with E-state index in [1.165, 1.54) is 0 Å². The van der Waals surface area contributed by atoms with Gasteiger partial charge in [-0.1, -0.05) is 72.8 Å². The van der Waals surface area contributed by atoms with Crippen LogP contribution in [0, 0.1) is 0 Å². The van der Waals surface area contributed by atoms with E-state index in [4.69, 9.17) is 35.5 Å². The molecule has 0 aliphatic heterocycles. The summed E-state index contributed by atoms with van der Waals surface area (Å²) < 4.78 is 0. The molecule has 0 fully saturated rings. The molecule has 6 N–H and O–H groups in total. The molecule has 13 heteroatoms.